The first-order chi connectivity index (χ1) is 39.3. The van der Waals surface area contributed by atoms with Crippen LogP contribution in [0.4, 0.5) is 14.6 Å². The lowest BCUT2D eigenvalue weighted by atomic mass is 9.85. The Kier molecular flexibility index (Phi) is 17.8. The Labute approximate surface area is 490 Å². The van der Waals surface area contributed by atoms with Crippen molar-refractivity contribution < 1.29 is 42.9 Å². The number of benzene rings is 4. The molecule has 2 bridgehead atoms. The lowest BCUT2D eigenvalue weighted by Gasteiger charge is -2.35. The topological polar surface area (TPSA) is 195 Å². The zero-order valence-electron chi connectivity index (χ0n) is 46.1. The summed E-state index contributed by atoms with van der Waals surface area (Å²) >= 11 is 19.2. The Bertz CT molecular complexity index is 3440. The van der Waals surface area contributed by atoms with Gasteiger partial charge < -0.3 is 45.4 Å². The summed E-state index contributed by atoms with van der Waals surface area (Å²) in [5.74, 6) is -0.0128. The van der Waals surface area contributed by atoms with Gasteiger partial charge in [-0.2, -0.15) is 9.97 Å². The predicted molar refractivity (Wildman–Crippen MR) is 313 cm³/mol. The van der Waals surface area contributed by atoms with Gasteiger partial charge in [0.1, 0.15) is 47.3 Å². The van der Waals surface area contributed by atoms with E-state index in [1.807, 2.05) is 52.0 Å². The van der Waals surface area contributed by atoms with Gasteiger partial charge >= 0.3 is 6.01 Å². The van der Waals surface area contributed by atoms with E-state index < -0.39 is 53.1 Å². The van der Waals surface area contributed by atoms with E-state index in [1.165, 1.54) is 35.4 Å². The number of fused-ring (bicyclic) bond motifs is 4. The molecule has 7 atom stereocenters. The minimum atomic E-state index is -0.998. The normalized spacial score (nSPS) is 20.8. The first kappa shape index (κ1) is 58.8. The molecule has 6 heterocycles. The fourth-order valence-electron chi connectivity index (χ4n) is 11.9. The fraction of sp³-hybridized carbons (Fsp3) is 0.443. The molecule has 0 aliphatic carbocycles. The summed E-state index contributed by atoms with van der Waals surface area (Å²) in [6.07, 6.45) is 10.9. The van der Waals surface area contributed by atoms with Crippen molar-refractivity contribution in [1.82, 2.24) is 40.7 Å². The summed E-state index contributed by atoms with van der Waals surface area (Å²) in [4.78, 5) is 61.4. The van der Waals surface area contributed by atoms with Crippen molar-refractivity contribution in [1.29, 1.82) is 0 Å². The van der Waals surface area contributed by atoms with Crippen molar-refractivity contribution in [2.75, 3.05) is 57.4 Å². The third kappa shape index (κ3) is 12.6. The van der Waals surface area contributed by atoms with E-state index in [4.69, 9.17) is 55.7 Å². The molecular formula is C61H66Cl3F2N9O7. The molecule has 21 heteroatoms. The number of carbonyl (C=O) groups is 3. The van der Waals surface area contributed by atoms with Gasteiger partial charge in [0.05, 0.1) is 39.7 Å². The molecular weight excluding hydrogens is 1120 g/mol. The summed E-state index contributed by atoms with van der Waals surface area (Å²) in [5, 5.41) is 33.2. The van der Waals surface area contributed by atoms with Gasteiger partial charge in [0.25, 0.3) is 0 Å². The number of halogens is 5. The Balaban J connectivity index is 0.731. The zero-order chi connectivity index (χ0) is 58.1. The van der Waals surface area contributed by atoms with E-state index in [2.05, 4.69) is 41.6 Å². The molecule has 4 saturated heterocycles. The summed E-state index contributed by atoms with van der Waals surface area (Å²) < 4.78 is 44.5. The number of likely N-dealkylation sites (tertiary alicyclic amines) is 2. The van der Waals surface area contributed by atoms with E-state index in [0.29, 0.717) is 69.9 Å². The minimum absolute atomic E-state index is 0.00489. The molecule has 2 unspecified atom stereocenters. The van der Waals surface area contributed by atoms with Gasteiger partial charge in [-0.3, -0.25) is 24.3 Å². The molecule has 4 aliphatic rings. The molecule has 16 nitrogen and oxygen atoms in total. The number of piperazine rings is 1. The van der Waals surface area contributed by atoms with Crippen LogP contribution in [-0.2, 0) is 19.1 Å². The second kappa shape index (κ2) is 24.8. The standard InChI is InChI=1S/C61H66Cl3F2N9O7/c1-6-42-47(65)19-14-36-25-40(76)26-43(50(36)42)54-53(66)55-44(28-67-54)57(74-29-37-15-16-38(30-74)69-37)72-60(71-55)82-32-39-9-7-21-73(39)22-8-23-81-24-20-49(78)70-56(61(3,4)5)59(80)75-31-41(77)27-48(75)58(79)68-33(2)34-10-12-35(13-11-34)51-45(62)17-18-46(63)52(51)64/h1,10-14,17-19,25-26,28,33,37-39,41,48,56,69,76-77H,7-9,15-16,20-24,27,29-32H2,2-5H3,(H,68,79)(H,70,78)/t33-,37?,38?,39-,41+,48-,56+/m0/s1. The molecule has 0 radical (unpaired) electrons. The molecule has 432 valence electrons. The molecule has 4 fully saturated rings. The second-order valence-electron chi connectivity index (χ2n) is 22.9. The van der Waals surface area contributed by atoms with Crippen LogP contribution in [0.3, 0.4) is 0 Å². The van der Waals surface area contributed by atoms with Crippen LogP contribution >= 0.6 is 34.8 Å². The smallest absolute Gasteiger partial charge is 0.319 e. The lowest BCUT2D eigenvalue weighted by Crippen LogP contribution is -2.58. The number of aromatic hydroxyl groups is 1. The van der Waals surface area contributed by atoms with Crippen LogP contribution in [0.1, 0.15) is 89.8 Å². The maximum absolute atomic E-state index is 17.1. The average Bonchev–Trinajstić information content (AvgIpc) is 4.26. The molecule has 3 amide bonds. The van der Waals surface area contributed by atoms with Gasteiger partial charge in [0.15, 0.2) is 5.82 Å². The van der Waals surface area contributed by atoms with Crippen LogP contribution in [0.2, 0.25) is 15.1 Å². The van der Waals surface area contributed by atoms with Gasteiger partial charge in [-0.25, -0.2) is 8.78 Å². The van der Waals surface area contributed by atoms with E-state index in [9.17, 15) is 24.6 Å². The number of hydrogen-bond donors (Lipinski definition) is 5. The number of hydrogen-bond acceptors (Lipinski definition) is 13. The number of terminal acetylenes is 1. The van der Waals surface area contributed by atoms with E-state index >= 15 is 8.78 Å². The Morgan fingerprint density at radius 3 is 2.43 bits per heavy atom. The number of anilines is 1. The predicted octanol–water partition coefficient (Wildman–Crippen LogP) is 9.39. The van der Waals surface area contributed by atoms with Crippen molar-refractivity contribution in [2.45, 2.75) is 115 Å². The number of rotatable bonds is 18. The quantitative estimate of drug-likeness (QED) is 0.0311. The number of nitrogens with one attached hydrogen (secondary N) is 3. The molecule has 10 rings (SSSR count). The van der Waals surface area contributed by atoms with Gasteiger partial charge in [-0.15, -0.1) is 6.42 Å². The first-order valence-electron chi connectivity index (χ1n) is 27.8. The number of phenolic OH excluding ortho intramolecular Hbond substituents is 1. The number of aliphatic hydroxyl groups is 1. The van der Waals surface area contributed by atoms with Crippen LogP contribution in [0.15, 0.2) is 66.9 Å². The number of phenols is 1. The highest BCUT2D eigenvalue weighted by Gasteiger charge is 2.45. The van der Waals surface area contributed by atoms with Crippen LogP contribution < -0.4 is 25.6 Å². The number of β-amino-alcohol motifs (C(OH)–C–C–N with tert-alkyl or cyclic N) is 1. The zero-order valence-corrected chi connectivity index (χ0v) is 48.4. The SMILES string of the molecule is C#Cc1c(F)ccc2cc(O)cc(-c3ncc4c(N5CC6CCC(C5)N6)nc(OC[C@@H]5CCCN5CCCOCCC(=O)N[C@H](C(=O)N5C[C@H](O)C[C@H]5C(=O)N[C@@H](C)c5ccc(-c6c(Cl)ccc(Cl)c6Cl)cc5)C(C)(C)C)nc4c3F)c12. The van der Waals surface area contributed by atoms with Crippen LogP contribution in [-0.4, -0.2) is 142 Å². The number of aliphatic hydroxyl groups excluding tert-OH is 1. The van der Waals surface area contributed by atoms with E-state index in [0.717, 1.165) is 43.4 Å². The van der Waals surface area contributed by atoms with Gasteiger partial charge in [-0.1, -0.05) is 91.8 Å². The minimum Gasteiger partial charge on any atom is -0.508 e. The van der Waals surface area contributed by atoms with Crippen molar-refractivity contribution in [3.63, 3.8) is 0 Å². The highest BCUT2D eigenvalue weighted by Crippen LogP contribution is 2.41. The van der Waals surface area contributed by atoms with Crippen LogP contribution in [0, 0.1) is 29.4 Å². The van der Waals surface area contributed by atoms with Crippen molar-refractivity contribution >= 4 is 80.0 Å². The average molecular weight is 1180 g/mol. The molecule has 6 aromatic rings. The molecule has 4 aromatic carbocycles. The molecule has 2 aromatic heterocycles. The third-order valence-corrected chi connectivity index (χ3v) is 17.2. The van der Waals surface area contributed by atoms with Crippen LogP contribution in [0.25, 0.3) is 44.1 Å². The first-order valence-corrected chi connectivity index (χ1v) is 29.0. The maximum atomic E-state index is 17.1. The van der Waals surface area contributed by atoms with Crippen molar-refractivity contribution in [3.8, 4) is 46.5 Å². The van der Waals surface area contributed by atoms with Crippen molar-refractivity contribution in [2.24, 2.45) is 5.41 Å². The second-order valence-corrected chi connectivity index (χ2v) is 24.1. The van der Waals surface area contributed by atoms with Crippen LogP contribution in [0.5, 0.6) is 11.8 Å². The fourth-order valence-corrected chi connectivity index (χ4v) is 12.6. The molecule has 5 N–H and O–H groups in total. The summed E-state index contributed by atoms with van der Waals surface area (Å²) in [7, 11) is 0. The number of ether oxygens (including phenoxy) is 2. The highest BCUT2D eigenvalue weighted by molar-refractivity contribution is 6.46. The Hall–Kier alpha value is -6.43. The van der Waals surface area contributed by atoms with Gasteiger partial charge in [-0.05, 0) is 97.8 Å². The lowest BCUT2D eigenvalue weighted by molar-refractivity contribution is -0.144. The molecule has 0 saturated carbocycles. The monoisotopic (exact) mass is 1180 g/mol. The largest absolute Gasteiger partial charge is 0.508 e. The third-order valence-electron chi connectivity index (χ3n) is 16.1. The molecule has 82 heavy (non-hydrogen) atoms. The number of aromatic nitrogens is 3. The van der Waals surface area contributed by atoms with Gasteiger partial charge in [0, 0.05) is 91.5 Å². The van der Waals surface area contributed by atoms with E-state index in [1.54, 1.807) is 12.1 Å². The van der Waals surface area contributed by atoms with E-state index in [-0.39, 0.29) is 96.1 Å². The summed E-state index contributed by atoms with van der Waals surface area (Å²) in [6.45, 7) is 10.8. The van der Waals surface area contributed by atoms with Gasteiger partial charge in [0.2, 0.25) is 17.7 Å². The summed E-state index contributed by atoms with van der Waals surface area (Å²) in [5.41, 5.74) is 1.25. The Morgan fingerprint density at radius 1 is 0.951 bits per heavy atom. The number of carbonyl (C=O) groups excluding carboxylic acids is 3. The number of amides is 3. The highest BCUT2D eigenvalue weighted by atomic mass is 35.5. The number of nitrogens with zero attached hydrogens (tertiary/aromatic N) is 6. The number of pyridine rings is 1. The molecule has 0 spiro atoms. The summed E-state index contributed by atoms with van der Waals surface area (Å²) in [6, 6.07) is 14.2. The maximum Gasteiger partial charge on any atom is 0.319 e. The Morgan fingerprint density at radius 2 is 1.70 bits per heavy atom. The molecule has 4 aliphatic heterocycles. The van der Waals surface area contributed by atoms with Crippen molar-refractivity contribution in [3.05, 3.63) is 105 Å².